The molecule has 0 fully saturated rings. The topological polar surface area (TPSA) is 33.2 Å². The maximum Gasteiger partial charge on any atom is 0.239 e. The molecule has 0 atom stereocenters. The Morgan fingerprint density at radius 2 is 1.63 bits per heavy atom. The minimum Gasteiger partial charge on any atom is -0.283 e. The average molecular weight is 433 g/mol. The zero-order valence-corrected chi connectivity index (χ0v) is 18.8. The zero-order chi connectivity index (χ0) is 20.9. The van der Waals surface area contributed by atoms with Crippen LogP contribution in [0, 0.1) is 13.8 Å². The van der Waals surface area contributed by atoms with E-state index in [9.17, 15) is 4.79 Å². The van der Waals surface area contributed by atoms with Crippen molar-refractivity contribution in [2.45, 2.75) is 26.1 Å². The monoisotopic (exact) mass is 432 g/mol. The van der Waals surface area contributed by atoms with Crippen molar-refractivity contribution >= 4 is 44.4 Å². The lowest BCUT2D eigenvalue weighted by Crippen LogP contribution is -2.31. The van der Waals surface area contributed by atoms with Crippen LogP contribution in [0.3, 0.4) is 0 Å². The Labute approximate surface area is 185 Å². The molecule has 30 heavy (non-hydrogen) atoms. The van der Waals surface area contributed by atoms with Gasteiger partial charge in [0, 0.05) is 5.75 Å². The summed E-state index contributed by atoms with van der Waals surface area (Å²) in [6.45, 7) is 4.72. The van der Waals surface area contributed by atoms with E-state index in [1.165, 1.54) is 16.7 Å². The summed E-state index contributed by atoms with van der Waals surface area (Å²) in [5, 5.41) is 0.771. The molecule has 0 saturated carbocycles. The lowest BCUT2D eigenvalue weighted by Gasteiger charge is -2.20. The van der Waals surface area contributed by atoms with E-state index in [0.29, 0.717) is 12.3 Å². The highest BCUT2D eigenvalue weighted by atomic mass is 32.2. The lowest BCUT2D eigenvalue weighted by molar-refractivity contribution is -0.116. The lowest BCUT2D eigenvalue weighted by atomic mass is 10.1. The van der Waals surface area contributed by atoms with Gasteiger partial charge in [0.25, 0.3) is 0 Å². The van der Waals surface area contributed by atoms with E-state index in [0.717, 1.165) is 26.7 Å². The fourth-order valence-corrected chi connectivity index (χ4v) is 5.31. The van der Waals surface area contributed by atoms with Crippen molar-refractivity contribution in [1.82, 2.24) is 4.98 Å². The largest absolute Gasteiger partial charge is 0.283 e. The van der Waals surface area contributed by atoms with Gasteiger partial charge in [0.2, 0.25) is 5.91 Å². The third kappa shape index (κ3) is 4.91. The number of rotatable bonds is 7. The summed E-state index contributed by atoms with van der Waals surface area (Å²) in [6.07, 6.45) is 0. The van der Waals surface area contributed by atoms with Crippen LogP contribution in [0.1, 0.15) is 22.3 Å². The van der Waals surface area contributed by atoms with E-state index in [2.05, 4.69) is 50.2 Å². The van der Waals surface area contributed by atoms with E-state index in [1.807, 2.05) is 41.3 Å². The van der Waals surface area contributed by atoms with E-state index in [4.69, 9.17) is 4.98 Å². The molecular weight excluding hydrogens is 408 g/mol. The number of carbonyl (C=O) groups is 1. The second kappa shape index (κ2) is 9.45. The van der Waals surface area contributed by atoms with Crippen LogP contribution in [0.2, 0.25) is 0 Å². The molecule has 1 heterocycles. The first kappa shape index (κ1) is 20.6. The van der Waals surface area contributed by atoms with Crippen LogP contribution >= 0.6 is 23.1 Å². The Hall–Kier alpha value is -2.63. The van der Waals surface area contributed by atoms with Gasteiger partial charge in [-0.15, -0.1) is 11.8 Å². The van der Waals surface area contributed by atoms with Gasteiger partial charge in [0.15, 0.2) is 5.13 Å². The molecule has 0 aliphatic rings. The van der Waals surface area contributed by atoms with E-state index >= 15 is 0 Å². The maximum absolute atomic E-state index is 13.2. The van der Waals surface area contributed by atoms with Crippen molar-refractivity contribution in [2.75, 3.05) is 10.7 Å². The predicted molar refractivity (Wildman–Crippen MR) is 129 cm³/mol. The Kier molecular flexibility index (Phi) is 6.50. The van der Waals surface area contributed by atoms with Crippen molar-refractivity contribution in [3.05, 3.63) is 95.1 Å². The number of fused-ring (bicyclic) bond motifs is 1. The third-order valence-corrected chi connectivity index (χ3v) is 7.08. The van der Waals surface area contributed by atoms with Gasteiger partial charge >= 0.3 is 0 Å². The van der Waals surface area contributed by atoms with Gasteiger partial charge in [-0.05, 0) is 42.2 Å². The number of thioether (sulfide) groups is 1. The summed E-state index contributed by atoms with van der Waals surface area (Å²) in [4.78, 5) is 19.9. The molecule has 0 aliphatic heterocycles. The number of hydrogen-bond acceptors (Lipinski definition) is 4. The molecule has 3 aromatic carbocycles. The number of nitrogens with zero attached hydrogens (tertiary/aromatic N) is 2. The summed E-state index contributed by atoms with van der Waals surface area (Å²) in [6, 6.07) is 24.7. The van der Waals surface area contributed by atoms with Gasteiger partial charge in [0.05, 0.1) is 22.5 Å². The quantitative estimate of drug-likeness (QED) is 0.340. The normalized spacial score (nSPS) is 11.0. The van der Waals surface area contributed by atoms with Crippen molar-refractivity contribution in [1.29, 1.82) is 0 Å². The molecule has 152 valence electrons. The number of amides is 1. The molecule has 1 amide bonds. The Morgan fingerprint density at radius 3 is 2.33 bits per heavy atom. The third-order valence-electron chi connectivity index (χ3n) is 4.86. The average Bonchev–Trinajstić information content (AvgIpc) is 3.17. The summed E-state index contributed by atoms with van der Waals surface area (Å²) in [5.41, 5.74) is 5.70. The molecule has 5 heteroatoms. The van der Waals surface area contributed by atoms with Crippen molar-refractivity contribution < 1.29 is 4.79 Å². The van der Waals surface area contributed by atoms with Crippen LogP contribution in [-0.4, -0.2) is 16.6 Å². The molecular formula is C25H24N2OS2. The van der Waals surface area contributed by atoms with Gasteiger partial charge in [-0.25, -0.2) is 4.98 Å². The Morgan fingerprint density at radius 1 is 0.967 bits per heavy atom. The van der Waals surface area contributed by atoms with Gasteiger partial charge in [-0.1, -0.05) is 78.1 Å². The van der Waals surface area contributed by atoms with Crippen LogP contribution in [-0.2, 0) is 17.1 Å². The molecule has 0 aliphatic carbocycles. The Bertz CT molecular complexity index is 1140. The van der Waals surface area contributed by atoms with Crippen LogP contribution in [0.5, 0.6) is 0 Å². The first-order valence-electron chi connectivity index (χ1n) is 9.94. The molecule has 4 aromatic rings. The summed E-state index contributed by atoms with van der Waals surface area (Å²) < 4.78 is 1.15. The number of thiazole rings is 1. The van der Waals surface area contributed by atoms with Crippen LogP contribution < -0.4 is 4.90 Å². The molecule has 1 aromatic heterocycles. The number of aromatic nitrogens is 1. The number of benzene rings is 3. The van der Waals surface area contributed by atoms with Gasteiger partial charge in [0.1, 0.15) is 0 Å². The van der Waals surface area contributed by atoms with E-state index in [-0.39, 0.29) is 5.91 Å². The second-order valence-electron chi connectivity index (χ2n) is 7.37. The molecule has 0 bridgehead atoms. The minimum atomic E-state index is 0.0909. The van der Waals surface area contributed by atoms with Gasteiger partial charge in [-0.2, -0.15) is 0 Å². The minimum absolute atomic E-state index is 0.0909. The highest BCUT2D eigenvalue weighted by molar-refractivity contribution is 7.99. The standard InChI is InChI=1S/C25H24N2OS2/c1-18-13-19(2)24-22(14-18)26-25(30-24)27(15-20-9-5-3-6-10-20)23(28)17-29-16-21-11-7-4-8-12-21/h3-14H,15-17H2,1-2H3. The number of carbonyl (C=O) groups excluding carboxylic acids is 1. The van der Waals surface area contributed by atoms with Crippen LogP contribution in [0.25, 0.3) is 10.2 Å². The molecule has 0 unspecified atom stereocenters. The van der Waals surface area contributed by atoms with Crippen molar-refractivity contribution in [2.24, 2.45) is 0 Å². The first-order valence-corrected chi connectivity index (χ1v) is 11.9. The van der Waals surface area contributed by atoms with Crippen LogP contribution in [0.4, 0.5) is 5.13 Å². The summed E-state index contributed by atoms with van der Waals surface area (Å²) in [5.74, 6) is 1.34. The molecule has 0 N–H and O–H groups in total. The summed E-state index contributed by atoms with van der Waals surface area (Å²) in [7, 11) is 0. The number of hydrogen-bond donors (Lipinski definition) is 0. The predicted octanol–water partition coefficient (Wildman–Crippen LogP) is 6.38. The smallest absolute Gasteiger partial charge is 0.239 e. The molecule has 3 nitrogen and oxygen atoms in total. The molecule has 0 spiro atoms. The Balaban J connectivity index is 1.57. The highest BCUT2D eigenvalue weighted by Gasteiger charge is 2.21. The maximum atomic E-state index is 13.2. The highest BCUT2D eigenvalue weighted by Crippen LogP contribution is 2.33. The van der Waals surface area contributed by atoms with Crippen LogP contribution in [0.15, 0.2) is 72.8 Å². The molecule has 4 rings (SSSR count). The van der Waals surface area contributed by atoms with Gasteiger partial charge in [-0.3, -0.25) is 9.69 Å². The van der Waals surface area contributed by atoms with Gasteiger partial charge < -0.3 is 0 Å². The number of aryl methyl sites for hydroxylation is 2. The fraction of sp³-hybridized carbons (Fsp3) is 0.200. The van der Waals surface area contributed by atoms with E-state index < -0.39 is 0 Å². The molecule has 0 saturated heterocycles. The summed E-state index contributed by atoms with van der Waals surface area (Å²) >= 11 is 3.25. The first-order chi connectivity index (χ1) is 14.6. The molecule has 0 radical (unpaired) electrons. The van der Waals surface area contributed by atoms with E-state index in [1.54, 1.807) is 23.1 Å². The zero-order valence-electron chi connectivity index (χ0n) is 17.2. The SMILES string of the molecule is Cc1cc(C)c2sc(N(Cc3ccccc3)C(=O)CSCc3ccccc3)nc2c1. The van der Waals surface area contributed by atoms with Crippen molar-refractivity contribution in [3.63, 3.8) is 0 Å². The number of anilines is 1. The van der Waals surface area contributed by atoms with Crippen molar-refractivity contribution in [3.8, 4) is 0 Å². The fourth-order valence-electron chi connectivity index (χ4n) is 3.42. The second-order valence-corrected chi connectivity index (χ2v) is 9.33.